The molecule has 5 heteroatoms. The van der Waals surface area contributed by atoms with Crippen LogP contribution in [-0.4, -0.2) is 48.1 Å². The van der Waals surface area contributed by atoms with E-state index in [2.05, 4.69) is 30.0 Å². The molecule has 1 fully saturated rings. The number of hydrogen-bond acceptors (Lipinski definition) is 4. The quantitative estimate of drug-likeness (QED) is 0.862. The summed E-state index contributed by atoms with van der Waals surface area (Å²) < 4.78 is 0. The average molecular weight is 304 g/mol. The van der Waals surface area contributed by atoms with Crippen molar-refractivity contribution in [3.05, 3.63) is 22.9 Å². The third kappa shape index (κ3) is 2.90. The van der Waals surface area contributed by atoms with Crippen LogP contribution in [0.15, 0.2) is 6.07 Å². The average Bonchev–Trinajstić information content (AvgIpc) is 2.93. The number of pyridine rings is 1. The Bertz CT molecular complexity index is 555. The highest BCUT2D eigenvalue weighted by molar-refractivity contribution is 7.80. The van der Waals surface area contributed by atoms with Crippen LogP contribution in [0.4, 0.5) is 5.82 Å². The molecule has 0 saturated carbocycles. The number of nitrogens with zero attached hydrogens (tertiary/aromatic N) is 3. The van der Waals surface area contributed by atoms with Crippen molar-refractivity contribution in [2.45, 2.75) is 38.1 Å². The second-order valence-corrected chi connectivity index (χ2v) is 6.83. The summed E-state index contributed by atoms with van der Waals surface area (Å²) in [5, 5.41) is 0. The molecule has 2 heterocycles. The van der Waals surface area contributed by atoms with Crippen LogP contribution in [0.2, 0.25) is 0 Å². The Morgan fingerprint density at radius 1 is 1.38 bits per heavy atom. The highest BCUT2D eigenvalue weighted by Gasteiger charge is 2.26. The molecule has 21 heavy (non-hydrogen) atoms. The Kier molecular flexibility index (Phi) is 4.13. The van der Waals surface area contributed by atoms with Crippen molar-refractivity contribution in [1.29, 1.82) is 0 Å². The van der Waals surface area contributed by atoms with Crippen molar-refractivity contribution in [2.24, 2.45) is 5.73 Å². The van der Waals surface area contributed by atoms with Gasteiger partial charge in [0.25, 0.3) is 0 Å². The normalized spacial score (nSPS) is 21.7. The number of thiocarbonyl (C=S) groups is 1. The third-order valence-electron chi connectivity index (χ3n) is 4.72. The molecule has 2 aliphatic rings. The smallest absolute Gasteiger partial charge is 0.139 e. The maximum absolute atomic E-state index is 5.96. The Morgan fingerprint density at radius 2 is 2.19 bits per heavy atom. The number of nitrogens with two attached hydrogens (primary N) is 1. The molecule has 1 unspecified atom stereocenters. The van der Waals surface area contributed by atoms with E-state index >= 15 is 0 Å². The number of fused-ring (bicyclic) bond motifs is 1. The van der Waals surface area contributed by atoms with Gasteiger partial charge in [-0.25, -0.2) is 4.98 Å². The number of anilines is 1. The second kappa shape index (κ2) is 5.89. The number of piperidine rings is 1. The van der Waals surface area contributed by atoms with Crippen LogP contribution >= 0.6 is 12.2 Å². The van der Waals surface area contributed by atoms with Crippen LogP contribution in [0.1, 0.15) is 36.1 Å². The van der Waals surface area contributed by atoms with E-state index in [4.69, 9.17) is 22.9 Å². The van der Waals surface area contributed by atoms with Gasteiger partial charge in [-0.05, 0) is 57.8 Å². The molecule has 1 saturated heterocycles. The summed E-state index contributed by atoms with van der Waals surface area (Å²) in [5.41, 5.74) is 9.51. The van der Waals surface area contributed by atoms with E-state index < -0.39 is 0 Å². The van der Waals surface area contributed by atoms with Gasteiger partial charge in [-0.2, -0.15) is 0 Å². The van der Waals surface area contributed by atoms with Gasteiger partial charge in [-0.1, -0.05) is 12.2 Å². The summed E-state index contributed by atoms with van der Waals surface area (Å²) in [6.07, 6.45) is 5.83. The number of likely N-dealkylation sites (N-methyl/N-ethyl adjacent to an activating group) is 1. The van der Waals surface area contributed by atoms with E-state index in [0.29, 0.717) is 11.0 Å². The molecule has 114 valence electrons. The van der Waals surface area contributed by atoms with Gasteiger partial charge in [0, 0.05) is 24.8 Å². The summed E-state index contributed by atoms with van der Waals surface area (Å²) in [6.45, 7) is 2.06. The van der Waals surface area contributed by atoms with Gasteiger partial charge < -0.3 is 15.5 Å². The van der Waals surface area contributed by atoms with Crippen LogP contribution in [0.25, 0.3) is 0 Å². The lowest BCUT2D eigenvalue weighted by Crippen LogP contribution is -2.46. The minimum atomic E-state index is 0.471. The molecule has 2 N–H and O–H groups in total. The first-order chi connectivity index (χ1) is 10.1. The molecule has 0 bridgehead atoms. The van der Waals surface area contributed by atoms with Gasteiger partial charge in [0.1, 0.15) is 10.8 Å². The van der Waals surface area contributed by atoms with Crippen molar-refractivity contribution in [2.75, 3.05) is 32.1 Å². The number of rotatable bonds is 3. The van der Waals surface area contributed by atoms with E-state index in [1.165, 1.54) is 30.5 Å². The standard InChI is InChI=1S/C16H24N4S/c1-19(2)12-6-4-8-20(10-12)16-13(15(17)21)9-11-5-3-7-14(11)18-16/h9,12H,3-8,10H2,1-2H3,(H2,17,21). The molecule has 0 radical (unpaired) electrons. The lowest BCUT2D eigenvalue weighted by molar-refractivity contribution is 0.257. The number of aromatic nitrogens is 1. The largest absolute Gasteiger partial charge is 0.389 e. The van der Waals surface area contributed by atoms with Crippen molar-refractivity contribution in [3.63, 3.8) is 0 Å². The maximum atomic E-state index is 5.96. The van der Waals surface area contributed by atoms with Gasteiger partial charge in [0.15, 0.2) is 0 Å². The van der Waals surface area contributed by atoms with Gasteiger partial charge >= 0.3 is 0 Å². The van der Waals surface area contributed by atoms with Crippen molar-refractivity contribution >= 4 is 23.0 Å². The van der Waals surface area contributed by atoms with Crippen LogP contribution in [-0.2, 0) is 12.8 Å². The predicted molar refractivity (Wildman–Crippen MR) is 91.1 cm³/mol. The van der Waals surface area contributed by atoms with Gasteiger partial charge in [-0.3, -0.25) is 0 Å². The zero-order valence-corrected chi connectivity index (χ0v) is 13.7. The highest BCUT2D eigenvalue weighted by Crippen LogP contribution is 2.29. The monoisotopic (exact) mass is 304 g/mol. The molecule has 0 aromatic carbocycles. The molecule has 0 spiro atoms. The van der Waals surface area contributed by atoms with Crippen LogP contribution in [0.5, 0.6) is 0 Å². The van der Waals surface area contributed by atoms with Crippen LogP contribution in [0, 0.1) is 0 Å². The third-order valence-corrected chi connectivity index (χ3v) is 4.94. The summed E-state index contributed by atoms with van der Waals surface area (Å²) in [4.78, 5) is 10.1. The van der Waals surface area contributed by atoms with Gasteiger partial charge in [-0.15, -0.1) is 0 Å². The molecular formula is C16H24N4S. The Hall–Kier alpha value is -1.20. The second-order valence-electron chi connectivity index (χ2n) is 6.39. The van der Waals surface area contributed by atoms with Crippen LogP contribution in [0.3, 0.4) is 0 Å². The summed E-state index contributed by atoms with van der Waals surface area (Å²) in [7, 11) is 4.30. The fourth-order valence-corrected chi connectivity index (χ4v) is 3.60. The number of aryl methyl sites for hydroxylation is 2. The molecule has 1 aliphatic carbocycles. The van der Waals surface area contributed by atoms with Crippen LogP contribution < -0.4 is 10.6 Å². The summed E-state index contributed by atoms with van der Waals surface area (Å²) in [6, 6.07) is 2.76. The van der Waals surface area contributed by atoms with Gasteiger partial charge in [0.05, 0.1) is 5.56 Å². The Labute approximate surface area is 132 Å². The summed E-state index contributed by atoms with van der Waals surface area (Å²) >= 11 is 5.27. The molecule has 1 aliphatic heterocycles. The molecule has 1 aromatic heterocycles. The molecule has 3 rings (SSSR count). The molecule has 0 amide bonds. The fraction of sp³-hybridized carbons (Fsp3) is 0.625. The SMILES string of the molecule is CN(C)C1CCCN(c2nc3c(cc2C(N)=S)CCC3)C1. The minimum Gasteiger partial charge on any atom is -0.389 e. The van der Waals surface area contributed by atoms with Gasteiger partial charge in [0.2, 0.25) is 0 Å². The Morgan fingerprint density at radius 3 is 2.90 bits per heavy atom. The van der Waals surface area contributed by atoms with Crippen molar-refractivity contribution < 1.29 is 0 Å². The molecule has 4 nitrogen and oxygen atoms in total. The molecule has 1 atom stereocenters. The molecular weight excluding hydrogens is 280 g/mol. The number of hydrogen-bond donors (Lipinski definition) is 1. The zero-order valence-electron chi connectivity index (χ0n) is 12.9. The summed E-state index contributed by atoms with van der Waals surface area (Å²) in [5.74, 6) is 1.01. The first-order valence-electron chi connectivity index (χ1n) is 7.80. The fourth-order valence-electron chi connectivity index (χ4n) is 3.45. The molecule has 1 aromatic rings. The first kappa shape index (κ1) is 14.7. The van der Waals surface area contributed by atoms with E-state index in [1.807, 2.05) is 0 Å². The maximum Gasteiger partial charge on any atom is 0.139 e. The lowest BCUT2D eigenvalue weighted by Gasteiger charge is -2.37. The Balaban J connectivity index is 1.95. The minimum absolute atomic E-state index is 0.471. The first-order valence-corrected chi connectivity index (χ1v) is 8.21. The van der Waals surface area contributed by atoms with E-state index in [0.717, 1.165) is 37.3 Å². The zero-order chi connectivity index (χ0) is 15.0. The van der Waals surface area contributed by atoms with Crippen molar-refractivity contribution in [3.8, 4) is 0 Å². The van der Waals surface area contributed by atoms with E-state index in [1.54, 1.807) is 0 Å². The van der Waals surface area contributed by atoms with Crippen molar-refractivity contribution in [1.82, 2.24) is 9.88 Å². The predicted octanol–water partition coefficient (Wildman–Crippen LogP) is 1.73. The highest BCUT2D eigenvalue weighted by atomic mass is 32.1. The topological polar surface area (TPSA) is 45.4 Å². The van der Waals surface area contributed by atoms with E-state index in [9.17, 15) is 0 Å². The van der Waals surface area contributed by atoms with E-state index in [-0.39, 0.29) is 0 Å². The lowest BCUT2D eigenvalue weighted by atomic mass is 10.0.